The van der Waals surface area contributed by atoms with Gasteiger partial charge in [-0.3, -0.25) is 19.1 Å². The molecule has 0 saturated heterocycles. The molecule has 1 aliphatic heterocycles. The molecule has 1 amide bonds. The summed E-state index contributed by atoms with van der Waals surface area (Å²) >= 11 is 0. The summed E-state index contributed by atoms with van der Waals surface area (Å²) in [6, 6.07) is 3.82. The maximum absolute atomic E-state index is 13.2. The largest absolute Gasteiger partial charge is 0.435 e. The van der Waals surface area contributed by atoms with Crippen LogP contribution < -0.4 is 5.32 Å². The summed E-state index contributed by atoms with van der Waals surface area (Å²) in [5, 5.41) is 10.7. The van der Waals surface area contributed by atoms with E-state index in [1.807, 2.05) is 0 Å². The Balaban J connectivity index is 1.42. The second-order valence-corrected chi connectivity index (χ2v) is 8.36. The van der Waals surface area contributed by atoms with Crippen LogP contribution in [-0.4, -0.2) is 30.5 Å². The standard InChI is InChI=1S/C21H18F6N6O/c22-20(23,24)17-8-11(5-6-28-17)14-9-15-13(2-1-7-32(15)30-14)29-19(34)16-10-18(21(25,26)27)31-33(16)12-3-4-12/h5-6,8-10,12-13H,1-4,7H2,(H,29,34). The second kappa shape index (κ2) is 7.84. The first kappa shape index (κ1) is 22.4. The molecule has 0 bridgehead atoms. The van der Waals surface area contributed by atoms with Crippen LogP contribution in [0.3, 0.4) is 0 Å². The van der Waals surface area contributed by atoms with E-state index in [9.17, 15) is 31.1 Å². The summed E-state index contributed by atoms with van der Waals surface area (Å²) in [4.78, 5) is 16.3. The van der Waals surface area contributed by atoms with Gasteiger partial charge >= 0.3 is 12.4 Å². The molecule has 34 heavy (non-hydrogen) atoms. The van der Waals surface area contributed by atoms with Gasteiger partial charge in [-0.05, 0) is 43.9 Å². The first-order valence-electron chi connectivity index (χ1n) is 10.6. The van der Waals surface area contributed by atoms with Gasteiger partial charge in [-0.2, -0.15) is 36.5 Å². The van der Waals surface area contributed by atoms with E-state index in [4.69, 9.17) is 0 Å². The second-order valence-electron chi connectivity index (χ2n) is 8.36. The highest BCUT2D eigenvalue weighted by atomic mass is 19.4. The van der Waals surface area contributed by atoms with E-state index >= 15 is 0 Å². The Hall–Kier alpha value is -3.38. The predicted molar refractivity (Wildman–Crippen MR) is 105 cm³/mol. The lowest BCUT2D eigenvalue weighted by Gasteiger charge is -2.24. The summed E-state index contributed by atoms with van der Waals surface area (Å²) < 4.78 is 81.3. The van der Waals surface area contributed by atoms with Crippen LogP contribution in [0.2, 0.25) is 0 Å². The molecule has 1 saturated carbocycles. The minimum absolute atomic E-state index is 0.171. The number of aromatic nitrogens is 5. The van der Waals surface area contributed by atoms with E-state index in [2.05, 4.69) is 20.5 Å². The van der Waals surface area contributed by atoms with Crippen LogP contribution >= 0.6 is 0 Å². The van der Waals surface area contributed by atoms with Gasteiger partial charge in [0.2, 0.25) is 0 Å². The maximum atomic E-state index is 13.2. The molecule has 13 heteroatoms. The van der Waals surface area contributed by atoms with Crippen LogP contribution in [0.1, 0.15) is 65.3 Å². The molecule has 1 unspecified atom stereocenters. The van der Waals surface area contributed by atoms with Gasteiger partial charge in [0.05, 0.1) is 23.5 Å². The number of pyridine rings is 1. The Kier molecular flexibility index (Phi) is 5.17. The molecule has 180 valence electrons. The molecule has 7 nitrogen and oxygen atoms in total. The van der Waals surface area contributed by atoms with Gasteiger partial charge in [0.1, 0.15) is 11.4 Å². The molecule has 1 atom stereocenters. The van der Waals surface area contributed by atoms with Crippen LogP contribution in [0.15, 0.2) is 30.5 Å². The number of fused-ring (bicyclic) bond motifs is 1. The fourth-order valence-corrected chi connectivity index (χ4v) is 4.05. The van der Waals surface area contributed by atoms with Crippen molar-refractivity contribution in [2.24, 2.45) is 0 Å². The highest BCUT2D eigenvalue weighted by Gasteiger charge is 2.39. The molecule has 3 aromatic rings. The van der Waals surface area contributed by atoms with Gasteiger partial charge in [0.25, 0.3) is 5.91 Å². The van der Waals surface area contributed by atoms with Crippen molar-refractivity contribution in [2.45, 2.75) is 56.7 Å². The fourth-order valence-electron chi connectivity index (χ4n) is 4.05. The van der Waals surface area contributed by atoms with E-state index in [1.165, 1.54) is 6.07 Å². The Morgan fingerprint density at radius 1 is 0.971 bits per heavy atom. The normalized spacial score (nSPS) is 18.6. The van der Waals surface area contributed by atoms with Crippen molar-refractivity contribution in [2.75, 3.05) is 0 Å². The molecule has 3 aromatic heterocycles. The number of alkyl halides is 6. The van der Waals surface area contributed by atoms with Gasteiger partial charge in [-0.15, -0.1) is 0 Å². The number of aryl methyl sites for hydroxylation is 1. The van der Waals surface area contributed by atoms with Gasteiger partial charge < -0.3 is 5.32 Å². The molecular weight excluding hydrogens is 466 g/mol. The maximum Gasteiger partial charge on any atom is 0.435 e. The van der Waals surface area contributed by atoms with Crippen LogP contribution in [0.5, 0.6) is 0 Å². The van der Waals surface area contributed by atoms with E-state index in [-0.39, 0.29) is 23.0 Å². The highest BCUT2D eigenvalue weighted by molar-refractivity contribution is 5.93. The molecule has 1 N–H and O–H groups in total. The molecular formula is C21H18F6N6O. The summed E-state index contributed by atoms with van der Waals surface area (Å²) in [5.41, 5.74) is -1.28. The molecule has 0 spiro atoms. The van der Waals surface area contributed by atoms with Crippen molar-refractivity contribution >= 4 is 5.91 Å². The molecule has 0 radical (unpaired) electrons. The number of rotatable bonds is 4. The van der Waals surface area contributed by atoms with E-state index in [1.54, 1.807) is 10.7 Å². The lowest BCUT2D eigenvalue weighted by Crippen LogP contribution is -2.33. The lowest BCUT2D eigenvalue weighted by molar-refractivity contribution is -0.142. The lowest BCUT2D eigenvalue weighted by atomic mass is 10.0. The Morgan fingerprint density at radius 2 is 1.71 bits per heavy atom. The summed E-state index contributed by atoms with van der Waals surface area (Å²) in [7, 11) is 0. The predicted octanol–water partition coefficient (Wildman–Crippen LogP) is 4.78. The summed E-state index contributed by atoms with van der Waals surface area (Å²) in [6.07, 6.45) is -5.81. The number of hydrogen-bond donors (Lipinski definition) is 1. The molecule has 2 aliphatic rings. The number of carbonyl (C=O) groups is 1. The molecule has 1 aliphatic carbocycles. The van der Waals surface area contributed by atoms with E-state index in [0.717, 1.165) is 23.0 Å². The van der Waals surface area contributed by atoms with Crippen molar-refractivity contribution in [3.05, 3.63) is 53.2 Å². The van der Waals surface area contributed by atoms with Crippen molar-refractivity contribution in [1.82, 2.24) is 29.9 Å². The molecule has 1 fully saturated rings. The number of hydrogen-bond acceptors (Lipinski definition) is 4. The van der Waals surface area contributed by atoms with E-state index in [0.29, 0.717) is 37.9 Å². The van der Waals surface area contributed by atoms with Crippen LogP contribution in [0.4, 0.5) is 26.3 Å². The number of halogens is 6. The third kappa shape index (κ3) is 4.26. The van der Waals surface area contributed by atoms with Gasteiger partial charge in [0, 0.05) is 24.4 Å². The number of nitrogens with zero attached hydrogens (tertiary/aromatic N) is 5. The number of amides is 1. The topological polar surface area (TPSA) is 77.6 Å². The number of carbonyl (C=O) groups excluding carboxylic acids is 1. The summed E-state index contributed by atoms with van der Waals surface area (Å²) in [6.45, 7) is 0.497. The minimum atomic E-state index is -4.67. The van der Waals surface area contributed by atoms with Crippen LogP contribution in [0, 0.1) is 0 Å². The molecule has 5 rings (SSSR count). The van der Waals surface area contributed by atoms with E-state index < -0.39 is 35.7 Å². The Morgan fingerprint density at radius 3 is 2.38 bits per heavy atom. The van der Waals surface area contributed by atoms with Gasteiger partial charge in [-0.25, -0.2) is 0 Å². The SMILES string of the molecule is O=C(NC1CCCn2nc(-c3ccnc(C(F)(F)F)c3)cc21)c1cc(C(F)(F)F)nn1C1CC1. The smallest absolute Gasteiger partial charge is 0.342 e. The van der Waals surface area contributed by atoms with Crippen molar-refractivity contribution in [1.29, 1.82) is 0 Å². The average Bonchev–Trinajstić information content (AvgIpc) is 3.33. The zero-order valence-corrected chi connectivity index (χ0v) is 17.5. The molecule has 0 aromatic carbocycles. The third-order valence-corrected chi connectivity index (χ3v) is 5.83. The van der Waals surface area contributed by atoms with Crippen LogP contribution in [0.25, 0.3) is 11.3 Å². The quantitative estimate of drug-likeness (QED) is 0.541. The third-order valence-electron chi connectivity index (χ3n) is 5.83. The average molecular weight is 484 g/mol. The summed E-state index contributed by atoms with van der Waals surface area (Å²) in [5.74, 6) is -0.695. The minimum Gasteiger partial charge on any atom is -0.342 e. The van der Waals surface area contributed by atoms with Crippen molar-refractivity contribution in [3.63, 3.8) is 0 Å². The zero-order valence-electron chi connectivity index (χ0n) is 17.5. The van der Waals surface area contributed by atoms with Gasteiger partial charge in [-0.1, -0.05) is 0 Å². The Bertz CT molecular complexity index is 1240. The number of nitrogens with one attached hydrogen (secondary N) is 1. The van der Waals surface area contributed by atoms with Gasteiger partial charge in [0.15, 0.2) is 5.69 Å². The van der Waals surface area contributed by atoms with Crippen molar-refractivity contribution < 1.29 is 31.1 Å². The molecule has 4 heterocycles. The zero-order chi connectivity index (χ0) is 24.3. The van der Waals surface area contributed by atoms with Crippen molar-refractivity contribution in [3.8, 4) is 11.3 Å². The fraction of sp³-hybridized carbons (Fsp3) is 0.429. The monoisotopic (exact) mass is 484 g/mol. The first-order valence-corrected chi connectivity index (χ1v) is 10.6. The Labute approximate surface area is 188 Å². The van der Waals surface area contributed by atoms with Crippen LogP contribution in [-0.2, 0) is 18.9 Å². The highest BCUT2D eigenvalue weighted by Crippen LogP contribution is 2.38. The first-order chi connectivity index (χ1) is 16.0.